The van der Waals surface area contributed by atoms with Crippen molar-refractivity contribution in [1.82, 2.24) is 0 Å². The van der Waals surface area contributed by atoms with E-state index in [0.29, 0.717) is 0 Å². The Morgan fingerprint density at radius 2 is 1.74 bits per heavy atom. The molecule has 7 heteroatoms. The van der Waals surface area contributed by atoms with Gasteiger partial charge in [-0.1, -0.05) is 17.3 Å². The van der Waals surface area contributed by atoms with Crippen LogP contribution in [-0.4, -0.2) is 24.4 Å². The third-order valence-corrected chi connectivity index (χ3v) is 3.88. The van der Waals surface area contributed by atoms with Crippen LogP contribution in [0.15, 0.2) is 29.4 Å². The number of methoxy groups -OCH3 is 1. The minimum absolute atomic E-state index is 0.144. The lowest BCUT2D eigenvalue weighted by Gasteiger charge is -2.21. The molecule has 1 fully saturated rings. The van der Waals surface area contributed by atoms with E-state index in [4.69, 9.17) is 4.84 Å². The molecule has 0 unspecified atom stereocenters. The Hall–Kier alpha value is -2.05. The van der Waals surface area contributed by atoms with E-state index < -0.39 is 23.3 Å². The van der Waals surface area contributed by atoms with Crippen molar-refractivity contribution in [2.45, 2.75) is 44.4 Å². The molecule has 2 rings (SSSR count). The molecule has 0 bridgehead atoms. The zero-order valence-corrected chi connectivity index (χ0v) is 12.9. The number of carbonyl (C=O) groups excluding carboxylic acids is 1. The van der Waals surface area contributed by atoms with Gasteiger partial charge in [-0.3, -0.25) is 0 Å². The third-order valence-electron chi connectivity index (χ3n) is 3.88. The van der Waals surface area contributed by atoms with Crippen molar-refractivity contribution in [1.29, 1.82) is 0 Å². The molecule has 0 spiro atoms. The van der Waals surface area contributed by atoms with Crippen molar-refractivity contribution < 1.29 is 27.5 Å². The Labute approximate surface area is 132 Å². The number of nitrogens with zero attached hydrogens (tertiary/aromatic N) is 1. The van der Waals surface area contributed by atoms with Crippen molar-refractivity contribution in [3.05, 3.63) is 35.4 Å². The molecule has 0 heterocycles. The van der Waals surface area contributed by atoms with Crippen LogP contribution in [0.2, 0.25) is 0 Å². The van der Waals surface area contributed by atoms with Gasteiger partial charge in [0.2, 0.25) is 0 Å². The smallest absolute Gasteiger partial charge is 0.416 e. The maximum atomic E-state index is 12.6. The molecule has 4 nitrogen and oxygen atoms in total. The topological polar surface area (TPSA) is 47.9 Å². The second-order valence-corrected chi connectivity index (χ2v) is 5.75. The summed E-state index contributed by atoms with van der Waals surface area (Å²) in [5, 5.41) is 3.87. The molecule has 0 amide bonds. The summed E-state index contributed by atoms with van der Waals surface area (Å²) in [5.74, 6) is -0.758. The highest BCUT2D eigenvalue weighted by Crippen LogP contribution is 2.33. The Morgan fingerprint density at radius 1 is 1.17 bits per heavy atom. The minimum atomic E-state index is -4.44. The highest BCUT2D eigenvalue weighted by molar-refractivity contribution is 6.43. The number of esters is 1. The average Bonchev–Trinajstić information content (AvgIpc) is 2.93. The molecule has 126 valence electrons. The number of alkyl halides is 3. The van der Waals surface area contributed by atoms with E-state index in [1.54, 1.807) is 0 Å². The van der Waals surface area contributed by atoms with E-state index in [-0.39, 0.29) is 11.3 Å². The summed E-state index contributed by atoms with van der Waals surface area (Å²) in [7, 11) is 1.18. The first-order valence-corrected chi connectivity index (χ1v) is 7.27. The average molecular weight is 329 g/mol. The zero-order valence-electron chi connectivity index (χ0n) is 12.9. The maximum Gasteiger partial charge on any atom is 0.416 e. The lowest BCUT2D eigenvalue weighted by atomic mass is 10.1. The second kappa shape index (κ2) is 6.60. The summed E-state index contributed by atoms with van der Waals surface area (Å²) in [6, 6.07) is 4.15. The van der Waals surface area contributed by atoms with E-state index in [1.807, 2.05) is 6.92 Å². The summed E-state index contributed by atoms with van der Waals surface area (Å²) in [6.45, 7) is 1.89. The summed E-state index contributed by atoms with van der Waals surface area (Å²) in [5.41, 5.74) is -1.18. The fourth-order valence-corrected chi connectivity index (χ4v) is 2.49. The van der Waals surface area contributed by atoms with Crippen LogP contribution >= 0.6 is 0 Å². The highest BCUT2D eigenvalue weighted by atomic mass is 19.4. The third kappa shape index (κ3) is 4.24. The van der Waals surface area contributed by atoms with E-state index in [9.17, 15) is 18.0 Å². The van der Waals surface area contributed by atoms with Gasteiger partial charge in [-0.2, -0.15) is 13.2 Å². The number of hydrogen-bond donors (Lipinski definition) is 0. The lowest BCUT2D eigenvalue weighted by Crippen LogP contribution is -2.25. The molecule has 0 atom stereocenters. The van der Waals surface area contributed by atoms with Crippen LogP contribution < -0.4 is 0 Å². The minimum Gasteiger partial charge on any atom is -0.464 e. The van der Waals surface area contributed by atoms with Crippen molar-refractivity contribution in [2.75, 3.05) is 7.11 Å². The number of rotatable bonds is 4. The van der Waals surface area contributed by atoms with Gasteiger partial charge in [-0.05, 0) is 44.7 Å². The lowest BCUT2D eigenvalue weighted by molar-refractivity contribution is -0.137. The van der Waals surface area contributed by atoms with Crippen LogP contribution in [0, 0.1) is 0 Å². The molecular formula is C16H18F3NO3. The number of ether oxygens (including phenoxy) is 1. The molecule has 0 N–H and O–H groups in total. The van der Waals surface area contributed by atoms with Gasteiger partial charge in [0.15, 0.2) is 5.71 Å². The highest BCUT2D eigenvalue weighted by Gasteiger charge is 2.32. The van der Waals surface area contributed by atoms with Crippen molar-refractivity contribution in [2.24, 2.45) is 5.16 Å². The van der Waals surface area contributed by atoms with Crippen LogP contribution in [-0.2, 0) is 20.5 Å². The number of carbonyl (C=O) groups is 1. The Balaban J connectivity index is 2.26. The monoisotopic (exact) mass is 329 g/mol. The van der Waals surface area contributed by atoms with Crippen LogP contribution in [0.3, 0.4) is 0 Å². The largest absolute Gasteiger partial charge is 0.464 e. The number of halogens is 3. The van der Waals surface area contributed by atoms with Crippen LogP contribution in [0.1, 0.15) is 43.7 Å². The normalized spacial score (nSPS) is 17.9. The fraction of sp³-hybridized carbons (Fsp3) is 0.500. The first kappa shape index (κ1) is 17.3. The van der Waals surface area contributed by atoms with Crippen LogP contribution in [0.25, 0.3) is 0 Å². The molecule has 0 aliphatic heterocycles. The second-order valence-electron chi connectivity index (χ2n) is 5.75. The molecule has 23 heavy (non-hydrogen) atoms. The van der Waals surface area contributed by atoms with E-state index in [0.717, 1.165) is 37.8 Å². The predicted molar refractivity (Wildman–Crippen MR) is 78.0 cm³/mol. The SMILES string of the molecule is COC(=O)C(=NOC1(C)CCCC1)c1ccc(C(F)(F)F)cc1. The molecule has 0 saturated heterocycles. The van der Waals surface area contributed by atoms with Gasteiger partial charge in [-0.15, -0.1) is 0 Å². The van der Waals surface area contributed by atoms with E-state index in [2.05, 4.69) is 9.89 Å². The van der Waals surface area contributed by atoms with Gasteiger partial charge < -0.3 is 9.57 Å². The van der Waals surface area contributed by atoms with Gasteiger partial charge in [0, 0.05) is 5.56 Å². The number of oxime groups is 1. The zero-order chi connectivity index (χ0) is 17.1. The van der Waals surface area contributed by atoms with Crippen molar-refractivity contribution in [3.8, 4) is 0 Å². The van der Waals surface area contributed by atoms with Gasteiger partial charge in [0.05, 0.1) is 12.7 Å². The van der Waals surface area contributed by atoms with E-state index >= 15 is 0 Å². The summed E-state index contributed by atoms with van der Waals surface area (Å²) < 4.78 is 42.4. The quantitative estimate of drug-likeness (QED) is 0.478. The first-order valence-electron chi connectivity index (χ1n) is 7.27. The fourth-order valence-electron chi connectivity index (χ4n) is 2.49. The number of benzene rings is 1. The van der Waals surface area contributed by atoms with Gasteiger partial charge in [-0.25, -0.2) is 4.79 Å². The van der Waals surface area contributed by atoms with Crippen LogP contribution in [0.5, 0.6) is 0 Å². The molecule has 1 aliphatic rings. The number of hydrogen-bond acceptors (Lipinski definition) is 4. The van der Waals surface area contributed by atoms with Crippen molar-refractivity contribution in [3.63, 3.8) is 0 Å². The summed E-state index contributed by atoms with van der Waals surface area (Å²) in [6.07, 6.45) is -0.773. The molecule has 1 aliphatic carbocycles. The van der Waals surface area contributed by atoms with Crippen LogP contribution in [0.4, 0.5) is 13.2 Å². The van der Waals surface area contributed by atoms with E-state index in [1.165, 1.54) is 19.2 Å². The Kier molecular flexibility index (Phi) is 4.97. The first-order chi connectivity index (χ1) is 10.7. The predicted octanol–water partition coefficient (Wildman–Crippen LogP) is 3.93. The van der Waals surface area contributed by atoms with Crippen molar-refractivity contribution >= 4 is 11.7 Å². The standard InChI is InChI=1S/C16H18F3NO3/c1-15(9-3-4-10-15)23-20-13(14(21)22-2)11-5-7-12(8-6-11)16(17,18)19/h5-8H,3-4,9-10H2,1-2H3. The molecule has 1 aromatic rings. The molecular weight excluding hydrogens is 311 g/mol. The van der Waals surface area contributed by atoms with Gasteiger partial charge >= 0.3 is 12.1 Å². The Bertz CT molecular complexity index is 588. The maximum absolute atomic E-state index is 12.6. The molecule has 1 saturated carbocycles. The Morgan fingerprint density at radius 3 is 2.22 bits per heavy atom. The summed E-state index contributed by atoms with van der Waals surface area (Å²) >= 11 is 0. The van der Waals surface area contributed by atoms with Gasteiger partial charge in [0.25, 0.3) is 0 Å². The molecule has 0 aromatic heterocycles. The van der Waals surface area contributed by atoms with Gasteiger partial charge in [0.1, 0.15) is 5.60 Å². The molecule has 0 radical (unpaired) electrons. The molecule has 1 aromatic carbocycles. The summed E-state index contributed by atoms with van der Waals surface area (Å²) in [4.78, 5) is 17.3.